The van der Waals surface area contributed by atoms with Crippen LogP contribution in [0.5, 0.6) is 5.75 Å². The van der Waals surface area contributed by atoms with Crippen LogP contribution in [0.3, 0.4) is 0 Å². The first-order valence-electron chi connectivity index (χ1n) is 8.66. The first kappa shape index (κ1) is 18.5. The molecule has 26 heavy (non-hydrogen) atoms. The normalized spacial score (nSPS) is 14.2. The maximum Gasteiger partial charge on any atom is 0.251 e. The molecule has 5 heteroatoms. The highest BCUT2D eigenvalue weighted by Gasteiger charge is 2.21. The molecule has 0 bridgehead atoms. The van der Waals surface area contributed by atoms with E-state index in [-0.39, 0.29) is 18.6 Å². The van der Waals surface area contributed by atoms with E-state index >= 15 is 0 Å². The second-order valence-electron chi connectivity index (χ2n) is 6.67. The van der Waals surface area contributed by atoms with E-state index in [1.54, 1.807) is 0 Å². The van der Waals surface area contributed by atoms with Gasteiger partial charge in [-0.15, -0.1) is 0 Å². The Bertz CT molecular complexity index is 800. The van der Waals surface area contributed by atoms with Crippen LogP contribution in [0.15, 0.2) is 54.1 Å². The quantitative estimate of drug-likeness (QED) is 0.837. The summed E-state index contributed by atoms with van der Waals surface area (Å²) in [6, 6.07) is 15.3. The van der Waals surface area contributed by atoms with Crippen LogP contribution in [0.25, 0.3) is 6.08 Å². The zero-order chi connectivity index (χ0) is 18.5. The van der Waals surface area contributed by atoms with Crippen LogP contribution < -0.4 is 10.1 Å². The standard InChI is InChI=1S/C21H23ClN2O2/c1-24(2)12-11-19(15-7-9-18(22)10-8-15)23-21(25)17-13-16-5-3-4-6-20(16)26-14-17/h3-10,13,19H,11-12,14H2,1-2H3,(H,23,25). The smallest absolute Gasteiger partial charge is 0.251 e. The summed E-state index contributed by atoms with van der Waals surface area (Å²) in [5.74, 6) is 0.712. The van der Waals surface area contributed by atoms with E-state index in [0.717, 1.165) is 29.8 Å². The van der Waals surface area contributed by atoms with Crippen LogP contribution in [0.1, 0.15) is 23.6 Å². The molecule has 1 aliphatic rings. The minimum atomic E-state index is -0.0989. The number of amides is 1. The van der Waals surface area contributed by atoms with Crippen LogP contribution >= 0.6 is 11.6 Å². The Labute approximate surface area is 159 Å². The Hall–Kier alpha value is -2.30. The van der Waals surface area contributed by atoms with Gasteiger partial charge in [-0.25, -0.2) is 0 Å². The van der Waals surface area contributed by atoms with E-state index in [4.69, 9.17) is 16.3 Å². The maximum absolute atomic E-state index is 12.8. The van der Waals surface area contributed by atoms with Gasteiger partial charge in [0.1, 0.15) is 12.4 Å². The minimum absolute atomic E-state index is 0.0831. The number of fused-ring (bicyclic) bond motifs is 1. The van der Waals surface area contributed by atoms with Gasteiger partial charge in [0.15, 0.2) is 0 Å². The van der Waals surface area contributed by atoms with Gasteiger partial charge in [-0.05, 0) is 56.9 Å². The Morgan fingerprint density at radius 3 is 2.65 bits per heavy atom. The molecule has 0 radical (unpaired) electrons. The number of halogens is 1. The van der Waals surface area contributed by atoms with E-state index in [0.29, 0.717) is 10.6 Å². The third-order valence-electron chi connectivity index (χ3n) is 4.37. The molecule has 1 aliphatic heterocycles. The molecule has 0 saturated heterocycles. The number of benzene rings is 2. The Morgan fingerprint density at radius 2 is 1.92 bits per heavy atom. The third-order valence-corrected chi connectivity index (χ3v) is 4.62. The van der Waals surface area contributed by atoms with E-state index in [9.17, 15) is 4.79 Å². The summed E-state index contributed by atoms with van der Waals surface area (Å²) in [4.78, 5) is 14.9. The molecule has 0 aliphatic carbocycles. The van der Waals surface area contributed by atoms with Gasteiger partial charge in [-0.1, -0.05) is 41.9 Å². The molecule has 3 rings (SSSR count). The van der Waals surface area contributed by atoms with Gasteiger partial charge in [-0.2, -0.15) is 0 Å². The molecule has 2 aromatic carbocycles. The first-order chi connectivity index (χ1) is 12.5. The topological polar surface area (TPSA) is 41.6 Å². The van der Waals surface area contributed by atoms with Gasteiger partial charge in [0.2, 0.25) is 0 Å². The highest BCUT2D eigenvalue weighted by molar-refractivity contribution is 6.30. The van der Waals surface area contributed by atoms with Crippen molar-refractivity contribution < 1.29 is 9.53 Å². The molecule has 136 valence electrons. The summed E-state index contributed by atoms with van der Waals surface area (Å²) in [7, 11) is 4.05. The second kappa shape index (κ2) is 8.39. The number of ether oxygens (including phenoxy) is 1. The fourth-order valence-corrected chi connectivity index (χ4v) is 3.03. The molecule has 1 unspecified atom stereocenters. The van der Waals surface area contributed by atoms with Gasteiger partial charge in [-0.3, -0.25) is 4.79 Å². The van der Waals surface area contributed by atoms with E-state index in [1.807, 2.05) is 68.7 Å². The van der Waals surface area contributed by atoms with Gasteiger partial charge >= 0.3 is 0 Å². The van der Waals surface area contributed by atoms with Crippen molar-refractivity contribution in [2.24, 2.45) is 0 Å². The lowest BCUT2D eigenvalue weighted by atomic mass is 10.0. The van der Waals surface area contributed by atoms with Gasteiger partial charge in [0, 0.05) is 10.6 Å². The molecule has 0 spiro atoms. The number of para-hydroxylation sites is 1. The van der Waals surface area contributed by atoms with Crippen molar-refractivity contribution in [2.75, 3.05) is 27.2 Å². The second-order valence-corrected chi connectivity index (χ2v) is 7.10. The fraction of sp³-hybridized carbons (Fsp3) is 0.286. The van der Waals surface area contributed by atoms with Crippen LogP contribution in [0.4, 0.5) is 0 Å². The molecule has 1 atom stereocenters. The number of hydrogen-bond donors (Lipinski definition) is 1. The lowest BCUT2D eigenvalue weighted by molar-refractivity contribution is -0.118. The fourth-order valence-electron chi connectivity index (χ4n) is 2.90. The van der Waals surface area contributed by atoms with Crippen molar-refractivity contribution >= 4 is 23.6 Å². The molecule has 4 nitrogen and oxygen atoms in total. The summed E-state index contributed by atoms with van der Waals surface area (Å²) in [5.41, 5.74) is 2.61. The number of nitrogens with zero attached hydrogens (tertiary/aromatic N) is 1. The highest BCUT2D eigenvalue weighted by atomic mass is 35.5. The average Bonchev–Trinajstić information content (AvgIpc) is 2.65. The first-order valence-corrected chi connectivity index (χ1v) is 9.04. The predicted molar refractivity (Wildman–Crippen MR) is 105 cm³/mol. The van der Waals surface area contributed by atoms with Crippen molar-refractivity contribution in [2.45, 2.75) is 12.5 Å². The Kier molecular flexibility index (Phi) is 5.96. The summed E-state index contributed by atoms with van der Waals surface area (Å²) >= 11 is 6.00. The molecule has 0 aromatic heterocycles. The van der Waals surface area contributed by atoms with Crippen molar-refractivity contribution in [3.63, 3.8) is 0 Å². The zero-order valence-electron chi connectivity index (χ0n) is 15.0. The van der Waals surface area contributed by atoms with Crippen LogP contribution in [0, 0.1) is 0 Å². The molecule has 1 N–H and O–H groups in total. The van der Waals surface area contributed by atoms with Crippen molar-refractivity contribution in [3.8, 4) is 5.75 Å². The molecule has 0 saturated carbocycles. The summed E-state index contributed by atoms with van der Waals surface area (Å²) in [5, 5.41) is 3.84. The van der Waals surface area contributed by atoms with Crippen LogP contribution in [0.2, 0.25) is 5.02 Å². The van der Waals surface area contributed by atoms with Crippen molar-refractivity contribution in [1.82, 2.24) is 10.2 Å². The predicted octanol–water partition coefficient (Wildman–Crippen LogP) is 3.93. The maximum atomic E-state index is 12.8. The van der Waals surface area contributed by atoms with Crippen molar-refractivity contribution in [1.29, 1.82) is 0 Å². The molecule has 1 heterocycles. The average molecular weight is 371 g/mol. The third kappa shape index (κ3) is 4.65. The lowest BCUT2D eigenvalue weighted by Crippen LogP contribution is -2.33. The number of carbonyl (C=O) groups excluding carboxylic acids is 1. The Morgan fingerprint density at radius 1 is 1.19 bits per heavy atom. The largest absolute Gasteiger partial charge is 0.488 e. The summed E-state index contributed by atoms with van der Waals surface area (Å²) < 4.78 is 5.70. The summed E-state index contributed by atoms with van der Waals surface area (Å²) in [6.07, 6.45) is 2.71. The molecule has 2 aromatic rings. The lowest BCUT2D eigenvalue weighted by Gasteiger charge is -2.23. The number of rotatable bonds is 6. The van der Waals surface area contributed by atoms with E-state index in [1.165, 1.54) is 0 Å². The zero-order valence-corrected chi connectivity index (χ0v) is 15.8. The molecular weight excluding hydrogens is 348 g/mol. The number of hydrogen-bond acceptors (Lipinski definition) is 3. The van der Waals surface area contributed by atoms with E-state index in [2.05, 4.69) is 10.2 Å². The molecular formula is C21H23ClN2O2. The van der Waals surface area contributed by atoms with Gasteiger partial charge in [0.25, 0.3) is 5.91 Å². The minimum Gasteiger partial charge on any atom is -0.488 e. The Balaban J connectivity index is 1.76. The molecule has 1 amide bonds. The van der Waals surface area contributed by atoms with Crippen LogP contribution in [-0.2, 0) is 4.79 Å². The van der Waals surface area contributed by atoms with Crippen molar-refractivity contribution in [3.05, 3.63) is 70.3 Å². The molecule has 0 fully saturated rings. The van der Waals surface area contributed by atoms with Gasteiger partial charge in [0.05, 0.1) is 11.6 Å². The number of nitrogens with one attached hydrogen (secondary N) is 1. The monoisotopic (exact) mass is 370 g/mol. The van der Waals surface area contributed by atoms with E-state index < -0.39 is 0 Å². The van der Waals surface area contributed by atoms with Gasteiger partial charge < -0.3 is 15.0 Å². The van der Waals surface area contributed by atoms with Crippen LogP contribution in [-0.4, -0.2) is 38.1 Å². The highest BCUT2D eigenvalue weighted by Crippen LogP contribution is 2.26. The SMILES string of the molecule is CN(C)CCC(NC(=O)C1=Cc2ccccc2OC1)c1ccc(Cl)cc1. The number of carbonyl (C=O) groups is 1. The summed E-state index contributed by atoms with van der Waals surface area (Å²) in [6.45, 7) is 1.15.